The Kier molecular flexibility index (Phi) is 7.28. The van der Waals surface area contributed by atoms with Gasteiger partial charge in [-0.2, -0.15) is 0 Å². The molecule has 0 radical (unpaired) electrons. The largest absolute Gasteiger partial charge is 0.381 e. The molecular weight excluding hydrogens is 270 g/mol. The van der Waals surface area contributed by atoms with Crippen molar-refractivity contribution >= 4 is 23.0 Å². The van der Waals surface area contributed by atoms with Crippen molar-refractivity contribution in [2.45, 2.75) is 19.8 Å². The molecule has 1 aromatic carbocycles. The zero-order valence-corrected chi connectivity index (χ0v) is 11.7. The first kappa shape index (κ1) is 15.8. The van der Waals surface area contributed by atoms with Gasteiger partial charge in [-0.3, -0.25) is 0 Å². The van der Waals surface area contributed by atoms with Gasteiger partial charge in [0.25, 0.3) is 0 Å². The minimum absolute atomic E-state index is 0.0275. The number of thiocarbonyl (C=S) groups is 1. The molecule has 2 N–H and O–H groups in total. The number of hydrogen-bond acceptors (Lipinski definition) is 2. The number of nitrogens with one attached hydrogen (secondary N) is 2. The van der Waals surface area contributed by atoms with Crippen LogP contribution in [-0.2, 0) is 4.74 Å². The first-order chi connectivity index (χ1) is 9.13. The number of anilines is 1. The molecule has 106 valence electrons. The normalized spacial score (nSPS) is 10.3. The summed E-state index contributed by atoms with van der Waals surface area (Å²) in [5.41, 5.74) is 0.0275. The topological polar surface area (TPSA) is 33.3 Å². The molecule has 0 heterocycles. The SMILES string of the molecule is CCCOCCCNC(=S)Nc1cc(F)ccc1F. The summed E-state index contributed by atoms with van der Waals surface area (Å²) in [7, 11) is 0. The lowest BCUT2D eigenvalue weighted by Gasteiger charge is -2.11. The Morgan fingerprint density at radius 1 is 1.32 bits per heavy atom. The van der Waals surface area contributed by atoms with Crippen molar-refractivity contribution in [3.05, 3.63) is 29.8 Å². The number of ether oxygens (including phenoxy) is 1. The first-order valence-corrected chi connectivity index (χ1v) is 6.62. The van der Waals surface area contributed by atoms with Crippen LogP contribution in [0.5, 0.6) is 0 Å². The van der Waals surface area contributed by atoms with Crippen LogP contribution in [0.3, 0.4) is 0 Å². The summed E-state index contributed by atoms with van der Waals surface area (Å²) >= 11 is 4.99. The maximum atomic E-state index is 13.3. The molecule has 0 aliphatic heterocycles. The van der Waals surface area contributed by atoms with Crippen molar-refractivity contribution in [2.24, 2.45) is 0 Å². The van der Waals surface area contributed by atoms with Gasteiger partial charge in [-0.1, -0.05) is 6.92 Å². The van der Waals surface area contributed by atoms with Crippen molar-refractivity contribution in [2.75, 3.05) is 25.1 Å². The average Bonchev–Trinajstić information content (AvgIpc) is 2.38. The average molecular weight is 288 g/mol. The van der Waals surface area contributed by atoms with Gasteiger partial charge in [0.2, 0.25) is 0 Å². The summed E-state index contributed by atoms with van der Waals surface area (Å²) in [4.78, 5) is 0. The molecule has 0 saturated heterocycles. The molecule has 0 unspecified atom stereocenters. The molecule has 0 spiro atoms. The van der Waals surface area contributed by atoms with Gasteiger partial charge in [0.1, 0.15) is 11.6 Å². The number of benzene rings is 1. The molecular formula is C13H18F2N2OS. The van der Waals surface area contributed by atoms with Gasteiger partial charge >= 0.3 is 0 Å². The third-order valence-electron chi connectivity index (χ3n) is 2.28. The highest BCUT2D eigenvalue weighted by Gasteiger charge is 2.05. The van der Waals surface area contributed by atoms with Crippen molar-refractivity contribution in [1.29, 1.82) is 0 Å². The Morgan fingerprint density at radius 3 is 2.84 bits per heavy atom. The van der Waals surface area contributed by atoms with E-state index in [9.17, 15) is 8.78 Å². The Bertz CT molecular complexity index is 416. The summed E-state index contributed by atoms with van der Waals surface area (Å²) in [5.74, 6) is -1.06. The van der Waals surface area contributed by atoms with Gasteiger partial charge in [0.15, 0.2) is 5.11 Å². The molecule has 6 heteroatoms. The van der Waals surface area contributed by atoms with Gasteiger partial charge < -0.3 is 15.4 Å². The van der Waals surface area contributed by atoms with Gasteiger partial charge in [0, 0.05) is 25.8 Å². The quantitative estimate of drug-likeness (QED) is 0.597. The standard InChI is InChI=1S/C13H18F2N2OS/c1-2-7-18-8-3-6-16-13(19)17-12-9-10(14)4-5-11(12)15/h4-5,9H,2-3,6-8H2,1H3,(H2,16,17,19). The van der Waals surface area contributed by atoms with Crippen molar-refractivity contribution < 1.29 is 13.5 Å². The van der Waals surface area contributed by atoms with Gasteiger partial charge in [-0.25, -0.2) is 8.78 Å². The van der Waals surface area contributed by atoms with E-state index in [4.69, 9.17) is 17.0 Å². The molecule has 0 aromatic heterocycles. The lowest BCUT2D eigenvalue weighted by molar-refractivity contribution is 0.133. The fourth-order valence-electron chi connectivity index (χ4n) is 1.38. The maximum absolute atomic E-state index is 13.3. The highest BCUT2D eigenvalue weighted by molar-refractivity contribution is 7.80. The fraction of sp³-hybridized carbons (Fsp3) is 0.462. The van der Waals surface area contributed by atoms with Crippen molar-refractivity contribution in [3.63, 3.8) is 0 Å². The minimum atomic E-state index is -0.545. The van der Waals surface area contributed by atoms with E-state index < -0.39 is 11.6 Å². The van der Waals surface area contributed by atoms with E-state index in [-0.39, 0.29) is 10.8 Å². The predicted octanol–water partition coefficient (Wildman–Crippen LogP) is 3.07. The smallest absolute Gasteiger partial charge is 0.170 e. The second kappa shape index (κ2) is 8.77. The third-order valence-corrected chi connectivity index (χ3v) is 2.52. The molecule has 0 saturated carbocycles. The molecule has 0 bridgehead atoms. The number of hydrogen-bond donors (Lipinski definition) is 2. The zero-order chi connectivity index (χ0) is 14.1. The van der Waals surface area contributed by atoms with Crippen LogP contribution < -0.4 is 10.6 Å². The zero-order valence-electron chi connectivity index (χ0n) is 10.8. The lowest BCUT2D eigenvalue weighted by atomic mass is 10.3. The summed E-state index contributed by atoms with van der Waals surface area (Å²) in [6.45, 7) is 4.06. The second-order valence-corrected chi connectivity index (χ2v) is 4.38. The van der Waals surface area contributed by atoms with E-state index in [1.54, 1.807) is 0 Å². The van der Waals surface area contributed by atoms with E-state index in [2.05, 4.69) is 10.6 Å². The maximum Gasteiger partial charge on any atom is 0.170 e. The van der Waals surface area contributed by atoms with Crippen molar-refractivity contribution in [1.82, 2.24) is 5.32 Å². The first-order valence-electron chi connectivity index (χ1n) is 6.21. The van der Waals surface area contributed by atoms with E-state index in [0.29, 0.717) is 13.2 Å². The monoisotopic (exact) mass is 288 g/mol. The molecule has 1 aromatic rings. The number of rotatable bonds is 7. The van der Waals surface area contributed by atoms with Crippen LogP contribution in [0.2, 0.25) is 0 Å². The summed E-state index contributed by atoms with van der Waals surface area (Å²) < 4.78 is 31.6. The predicted molar refractivity (Wildman–Crippen MR) is 76.3 cm³/mol. The number of halogens is 2. The van der Waals surface area contributed by atoms with Crippen LogP contribution in [0.15, 0.2) is 18.2 Å². The molecule has 3 nitrogen and oxygen atoms in total. The molecule has 0 aliphatic rings. The second-order valence-electron chi connectivity index (χ2n) is 3.97. The Morgan fingerprint density at radius 2 is 2.11 bits per heavy atom. The molecule has 0 aliphatic carbocycles. The van der Waals surface area contributed by atoms with Crippen LogP contribution in [0.4, 0.5) is 14.5 Å². The highest BCUT2D eigenvalue weighted by atomic mass is 32.1. The lowest BCUT2D eigenvalue weighted by Crippen LogP contribution is -2.30. The van der Waals surface area contributed by atoms with Gasteiger partial charge in [0.05, 0.1) is 5.69 Å². The molecule has 0 fully saturated rings. The molecule has 0 amide bonds. The van der Waals surface area contributed by atoms with Crippen molar-refractivity contribution in [3.8, 4) is 0 Å². The Hall–Kier alpha value is -1.27. The van der Waals surface area contributed by atoms with Gasteiger partial charge in [-0.15, -0.1) is 0 Å². The molecule has 0 atom stereocenters. The van der Waals surface area contributed by atoms with Crippen LogP contribution in [-0.4, -0.2) is 24.9 Å². The van der Waals surface area contributed by atoms with Crippen LogP contribution >= 0.6 is 12.2 Å². The minimum Gasteiger partial charge on any atom is -0.381 e. The molecule has 1 rings (SSSR count). The summed E-state index contributed by atoms with van der Waals surface area (Å²) in [6, 6.07) is 3.18. The van der Waals surface area contributed by atoms with E-state index in [1.165, 1.54) is 0 Å². The third kappa shape index (κ3) is 6.45. The summed E-state index contributed by atoms with van der Waals surface area (Å²) in [5, 5.41) is 5.79. The summed E-state index contributed by atoms with van der Waals surface area (Å²) in [6.07, 6.45) is 1.79. The van der Waals surface area contributed by atoms with Crippen LogP contribution in [0.1, 0.15) is 19.8 Å². The van der Waals surface area contributed by atoms with Crippen LogP contribution in [0, 0.1) is 11.6 Å². The van der Waals surface area contributed by atoms with E-state index in [1.807, 2.05) is 6.92 Å². The Labute approximate surface area is 117 Å². The Balaban J connectivity index is 2.25. The molecule has 19 heavy (non-hydrogen) atoms. The van der Waals surface area contributed by atoms with E-state index in [0.717, 1.165) is 37.6 Å². The van der Waals surface area contributed by atoms with Gasteiger partial charge in [-0.05, 0) is 37.2 Å². The van der Waals surface area contributed by atoms with Crippen LogP contribution in [0.25, 0.3) is 0 Å². The fourth-order valence-corrected chi connectivity index (χ4v) is 1.59. The van der Waals surface area contributed by atoms with E-state index >= 15 is 0 Å². The highest BCUT2D eigenvalue weighted by Crippen LogP contribution is 2.14.